The molecule has 2 fully saturated rings. The predicted molar refractivity (Wildman–Crippen MR) is 119 cm³/mol. The average molecular weight is 448 g/mol. The van der Waals surface area contributed by atoms with E-state index in [9.17, 15) is 20.1 Å². The SMILES string of the molecule is CNC(=O)[C@@]12C[C@@H]1[C@@H](n1cnc3c(NC)nc(C#Cc4ccc(CO)cc4)nc31)[C@H](O)[C@@H]2O. The first-order valence-electron chi connectivity index (χ1n) is 10.7. The Bertz CT molecular complexity index is 1290. The van der Waals surface area contributed by atoms with Crippen molar-refractivity contribution in [3.8, 4) is 11.8 Å². The fourth-order valence-corrected chi connectivity index (χ4v) is 4.97. The van der Waals surface area contributed by atoms with E-state index in [4.69, 9.17) is 0 Å². The van der Waals surface area contributed by atoms with Gasteiger partial charge >= 0.3 is 0 Å². The van der Waals surface area contributed by atoms with Crippen LogP contribution in [0.2, 0.25) is 0 Å². The molecule has 3 aromatic rings. The molecule has 10 nitrogen and oxygen atoms in total. The monoisotopic (exact) mass is 448 g/mol. The molecule has 0 radical (unpaired) electrons. The van der Waals surface area contributed by atoms with E-state index in [1.54, 1.807) is 30.1 Å². The lowest BCUT2D eigenvalue weighted by atomic mass is 9.98. The number of aliphatic hydroxyl groups excluding tert-OH is 3. The van der Waals surface area contributed by atoms with Crippen LogP contribution >= 0.6 is 0 Å². The first-order chi connectivity index (χ1) is 15.9. The number of carbonyl (C=O) groups excluding carboxylic acids is 1. The topological polar surface area (TPSA) is 145 Å². The Morgan fingerprint density at radius 1 is 1.21 bits per heavy atom. The second kappa shape index (κ2) is 7.81. The number of imidazole rings is 1. The van der Waals surface area contributed by atoms with Gasteiger partial charge < -0.3 is 30.5 Å². The summed E-state index contributed by atoms with van der Waals surface area (Å²) in [6.07, 6.45) is -0.262. The van der Waals surface area contributed by atoms with Gasteiger partial charge in [0.1, 0.15) is 6.10 Å². The standard InChI is InChI=1S/C23H24N6O4/c1-24-20-16-21(28-15(27-20)8-7-12-3-5-13(10-30)6-4-12)29(11-26-16)17-14-9-23(14,22(33)25-2)19(32)18(17)31/h3-6,11,14,17-19,30-32H,9-10H2,1-2H3,(H,25,33)(H,24,27,28)/t14-,17-,18+,19+,23+/m1/s1. The van der Waals surface area contributed by atoms with Crippen LogP contribution in [-0.2, 0) is 11.4 Å². The van der Waals surface area contributed by atoms with Gasteiger partial charge in [0.15, 0.2) is 17.0 Å². The second-order valence-corrected chi connectivity index (χ2v) is 8.43. The largest absolute Gasteiger partial charge is 0.392 e. The molecule has 2 heterocycles. The Hall–Kier alpha value is -3.52. The minimum absolute atomic E-state index is 0.0348. The third-order valence-corrected chi connectivity index (χ3v) is 6.76. The number of hydrogen-bond acceptors (Lipinski definition) is 8. The van der Waals surface area contributed by atoms with E-state index in [0.29, 0.717) is 23.4 Å². The summed E-state index contributed by atoms with van der Waals surface area (Å²) in [6.45, 7) is -0.0348. The van der Waals surface area contributed by atoms with E-state index in [1.807, 2.05) is 12.1 Å². The third kappa shape index (κ3) is 3.16. The van der Waals surface area contributed by atoms with Crippen LogP contribution in [0.1, 0.15) is 29.4 Å². The van der Waals surface area contributed by atoms with Crippen LogP contribution in [0.5, 0.6) is 0 Å². The number of fused-ring (bicyclic) bond motifs is 2. The van der Waals surface area contributed by atoms with Crippen molar-refractivity contribution >= 4 is 22.9 Å². The van der Waals surface area contributed by atoms with E-state index in [-0.39, 0.29) is 24.3 Å². The van der Waals surface area contributed by atoms with Gasteiger partial charge in [0.2, 0.25) is 11.7 Å². The molecule has 2 aliphatic rings. The van der Waals surface area contributed by atoms with Gasteiger partial charge in [0.05, 0.1) is 30.5 Å². The Kier molecular flexibility index (Phi) is 5.05. The van der Waals surface area contributed by atoms with Crippen molar-refractivity contribution in [3.63, 3.8) is 0 Å². The van der Waals surface area contributed by atoms with Gasteiger partial charge in [-0.1, -0.05) is 18.1 Å². The van der Waals surface area contributed by atoms with Gasteiger partial charge in [-0.3, -0.25) is 4.79 Å². The maximum absolute atomic E-state index is 12.5. The number of aliphatic hydroxyl groups is 3. The first-order valence-corrected chi connectivity index (χ1v) is 10.7. The normalized spacial score (nSPS) is 27.5. The third-order valence-electron chi connectivity index (χ3n) is 6.76. The molecule has 10 heteroatoms. The van der Waals surface area contributed by atoms with E-state index in [2.05, 4.69) is 37.4 Å². The highest BCUT2D eigenvalue weighted by Crippen LogP contribution is 2.67. The number of amides is 1. The fourth-order valence-electron chi connectivity index (χ4n) is 4.97. The lowest BCUT2D eigenvalue weighted by Gasteiger charge is -2.23. The number of rotatable bonds is 4. The van der Waals surface area contributed by atoms with Crippen LogP contribution in [0.4, 0.5) is 5.82 Å². The summed E-state index contributed by atoms with van der Waals surface area (Å²) in [5, 5.41) is 36.3. The maximum atomic E-state index is 12.5. The van der Waals surface area contributed by atoms with Gasteiger partial charge in [-0.05, 0) is 30.0 Å². The van der Waals surface area contributed by atoms with E-state index in [1.165, 1.54) is 7.05 Å². The molecule has 5 atom stereocenters. The molecule has 2 aromatic heterocycles. The molecule has 2 aliphatic carbocycles. The van der Waals surface area contributed by atoms with Crippen molar-refractivity contribution < 1.29 is 20.1 Å². The Labute approximate surface area is 189 Å². The molecule has 170 valence electrons. The second-order valence-electron chi connectivity index (χ2n) is 8.43. The maximum Gasteiger partial charge on any atom is 0.229 e. The van der Waals surface area contributed by atoms with Crippen molar-refractivity contribution in [1.82, 2.24) is 24.8 Å². The molecule has 5 N–H and O–H groups in total. The molecule has 1 amide bonds. The highest BCUT2D eigenvalue weighted by molar-refractivity contribution is 5.88. The van der Waals surface area contributed by atoms with E-state index in [0.717, 1.165) is 11.1 Å². The molecule has 2 saturated carbocycles. The van der Waals surface area contributed by atoms with Crippen molar-refractivity contribution in [2.75, 3.05) is 19.4 Å². The van der Waals surface area contributed by atoms with Crippen LogP contribution in [-0.4, -0.2) is 67.0 Å². The molecule has 33 heavy (non-hydrogen) atoms. The van der Waals surface area contributed by atoms with Crippen LogP contribution in [0, 0.1) is 23.2 Å². The minimum Gasteiger partial charge on any atom is -0.392 e. The van der Waals surface area contributed by atoms with Crippen molar-refractivity contribution in [2.24, 2.45) is 11.3 Å². The zero-order valence-corrected chi connectivity index (χ0v) is 18.1. The average Bonchev–Trinajstić information content (AvgIpc) is 3.38. The summed E-state index contributed by atoms with van der Waals surface area (Å²) in [5.74, 6) is 6.23. The van der Waals surface area contributed by atoms with Crippen molar-refractivity contribution in [1.29, 1.82) is 0 Å². The smallest absolute Gasteiger partial charge is 0.229 e. The number of benzene rings is 1. The zero-order valence-electron chi connectivity index (χ0n) is 18.1. The number of nitrogens with one attached hydrogen (secondary N) is 2. The predicted octanol–water partition coefficient (Wildman–Crippen LogP) is -0.211. The summed E-state index contributed by atoms with van der Waals surface area (Å²) < 4.78 is 1.72. The number of aromatic nitrogens is 4. The number of nitrogens with zero attached hydrogens (tertiary/aromatic N) is 4. The van der Waals surface area contributed by atoms with Crippen LogP contribution in [0.25, 0.3) is 11.2 Å². The molecule has 1 aromatic carbocycles. The number of anilines is 1. The van der Waals surface area contributed by atoms with Crippen LogP contribution < -0.4 is 10.6 Å². The van der Waals surface area contributed by atoms with Crippen LogP contribution in [0.15, 0.2) is 30.6 Å². The van der Waals surface area contributed by atoms with Crippen LogP contribution in [0.3, 0.4) is 0 Å². The molecule has 0 unspecified atom stereocenters. The summed E-state index contributed by atoms with van der Waals surface area (Å²) in [7, 11) is 3.25. The van der Waals surface area contributed by atoms with Gasteiger partial charge in [-0.25, -0.2) is 15.0 Å². The summed E-state index contributed by atoms with van der Waals surface area (Å²) in [6, 6.07) is 6.66. The van der Waals surface area contributed by atoms with Crippen molar-refractivity contribution in [2.45, 2.75) is 31.3 Å². The molecule has 0 saturated heterocycles. The molecular weight excluding hydrogens is 424 g/mol. The fraction of sp³-hybridized carbons (Fsp3) is 0.391. The molecule has 0 aliphatic heterocycles. The minimum atomic E-state index is -1.17. The first kappa shape index (κ1) is 21.3. The quantitative estimate of drug-likeness (QED) is 0.345. The summed E-state index contributed by atoms with van der Waals surface area (Å²) >= 11 is 0. The van der Waals surface area contributed by atoms with E-state index >= 15 is 0 Å². The van der Waals surface area contributed by atoms with Crippen molar-refractivity contribution in [3.05, 3.63) is 47.5 Å². The number of hydrogen-bond donors (Lipinski definition) is 5. The lowest BCUT2D eigenvalue weighted by Crippen LogP contribution is -2.41. The number of carbonyl (C=O) groups is 1. The van der Waals surface area contributed by atoms with Gasteiger partial charge in [0.25, 0.3) is 0 Å². The van der Waals surface area contributed by atoms with Gasteiger partial charge in [-0.15, -0.1) is 0 Å². The molecule has 5 rings (SSSR count). The van der Waals surface area contributed by atoms with Gasteiger partial charge in [0, 0.05) is 25.6 Å². The summed E-state index contributed by atoms with van der Waals surface area (Å²) in [5.41, 5.74) is 1.53. The highest BCUT2D eigenvalue weighted by Gasteiger charge is 2.75. The van der Waals surface area contributed by atoms with E-state index < -0.39 is 23.7 Å². The summed E-state index contributed by atoms with van der Waals surface area (Å²) in [4.78, 5) is 25.9. The van der Waals surface area contributed by atoms with Gasteiger partial charge in [-0.2, -0.15) is 0 Å². The molecule has 0 spiro atoms. The molecular formula is C23H24N6O4. The highest BCUT2D eigenvalue weighted by atomic mass is 16.3. The Morgan fingerprint density at radius 3 is 2.64 bits per heavy atom. The Morgan fingerprint density at radius 2 is 1.97 bits per heavy atom. The lowest BCUT2D eigenvalue weighted by molar-refractivity contribution is -0.132. The zero-order chi connectivity index (χ0) is 23.3. The molecule has 0 bridgehead atoms. The Balaban J connectivity index is 1.54.